The highest BCUT2D eigenvalue weighted by Gasteiger charge is 2.13. The second-order valence-corrected chi connectivity index (χ2v) is 4.70. The van der Waals surface area contributed by atoms with Crippen LogP contribution < -0.4 is 10.1 Å². The van der Waals surface area contributed by atoms with Crippen molar-refractivity contribution in [2.75, 3.05) is 12.4 Å². The molecule has 0 unspecified atom stereocenters. The SMILES string of the molecule is COc1ccc(C(=O)Nc2cc(Cl)ccc2C)c(F)c1. The van der Waals surface area contributed by atoms with Crippen LogP contribution in [0.4, 0.5) is 10.1 Å². The first kappa shape index (κ1) is 14.3. The normalized spacial score (nSPS) is 10.2. The second kappa shape index (κ2) is 5.92. The summed E-state index contributed by atoms with van der Waals surface area (Å²) >= 11 is 5.88. The Kier molecular flexibility index (Phi) is 4.25. The van der Waals surface area contributed by atoms with E-state index in [1.165, 1.54) is 25.3 Å². The molecule has 0 saturated carbocycles. The summed E-state index contributed by atoms with van der Waals surface area (Å²) in [5.41, 5.74) is 1.35. The Balaban J connectivity index is 2.26. The number of hydrogen-bond acceptors (Lipinski definition) is 2. The maximum atomic E-state index is 13.8. The molecule has 104 valence electrons. The van der Waals surface area contributed by atoms with Crippen LogP contribution in [0.15, 0.2) is 36.4 Å². The van der Waals surface area contributed by atoms with Gasteiger partial charge in [0.05, 0.1) is 12.7 Å². The number of anilines is 1. The lowest BCUT2D eigenvalue weighted by Gasteiger charge is -2.10. The van der Waals surface area contributed by atoms with Crippen molar-refractivity contribution in [3.05, 3.63) is 58.4 Å². The van der Waals surface area contributed by atoms with E-state index in [9.17, 15) is 9.18 Å². The van der Waals surface area contributed by atoms with Crippen LogP contribution in [0.25, 0.3) is 0 Å². The fourth-order valence-electron chi connectivity index (χ4n) is 1.73. The van der Waals surface area contributed by atoms with E-state index in [-0.39, 0.29) is 5.56 Å². The summed E-state index contributed by atoms with van der Waals surface area (Å²) in [5, 5.41) is 3.14. The second-order valence-electron chi connectivity index (χ2n) is 4.26. The van der Waals surface area contributed by atoms with E-state index in [4.69, 9.17) is 16.3 Å². The third kappa shape index (κ3) is 3.08. The Morgan fingerprint density at radius 3 is 2.65 bits per heavy atom. The quantitative estimate of drug-likeness (QED) is 0.927. The highest BCUT2D eigenvalue weighted by atomic mass is 35.5. The minimum absolute atomic E-state index is 0.0508. The summed E-state index contributed by atoms with van der Waals surface area (Å²) in [6, 6.07) is 9.20. The van der Waals surface area contributed by atoms with Gasteiger partial charge in [0.1, 0.15) is 11.6 Å². The third-order valence-corrected chi connectivity index (χ3v) is 3.10. The molecule has 20 heavy (non-hydrogen) atoms. The van der Waals surface area contributed by atoms with Gasteiger partial charge in [-0.25, -0.2) is 4.39 Å². The van der Waals surface area contributed by atoms with Crippen LogP contribution in [0.5, 0.6) is 5.75 Å². The van der Waals surface area contributed by atoms with Gasteiger partial charge in [-0.1, -0.05) is 17.7 Å². The van der Waals surface area contributed by atoms with Gasteiger partial charge in [-0.05, 0) is 36.8 Å². The van der Waals surface area contributed by atoms with Gasteiger partial charge < -0.3 is 10.1 Å². The molecular formula is C15H13ClFNO2. The molecule has 0 aliphatic rings. The molecule has 0 radical (unpaired) electrons. The number of nitrogens with one attached hydrogen (secondary N) is 1. The van der Waals surface area contributed by atoms with Crippen molar-refractivity contribution in [2.45, 2.75) is 6.92 Å². The molecule has 0 aromatic heterocycles. The Morgan fingerprint density at radius 1 is 1.25 bits per heavy atom. The lowest BCUT2D eigenvalue weighted by molar-refractivity contribution is 0.102. The first-order valence-corrected chi connectivity index (χ1v) is 6.30. The van der Waals surface area contributed by atoms with Gasteiger partial charge in [-0.15, -0.1) is 0 Å². The molecule has 2 rings (SSSR count). The average molecular weight is 294 g/mol. The lowest BCUT2D eigenvalue weighted by atomic mass is 10.1. The lowest BCUT2D eigenvalue weighted by Crippen LogP contribution is -2.14. The topological polar surface area (TPSA) is 38.3 Å². The molecule has 2 aromatic carbocycles. The molecule has 1 N–H and O–H groups in total. The van der Waals surface area contributed by atoms with E-state index < -0.39 is 11.7 Å². The summed E-state index contributed by atoms with van der Waals surface area (Å²) in [6.45, 7) is 1.83. The summed E-state index contributed by atoms with van der Waals surface area (Å²) in [4.78, 5) is 12.1. The van der Waals surface area contributed by atoms with Gasteiger partial charge in [-0.2, -0.15) is 0 Å². The Hall–Kier alpha value is -2.07. The van der Waals surface area contributed by atoms with Crippen LogP contribution in [0.2, 0.25) is 5.02 Å². The van der Waals surface area contributed by atoms with E-state index in [2.05, 4.69) is 5.32 Å². The molecule has 0 aliphatic carbocycles. The summed E-state index contributed by atoms with van der Waals surface area (Å²) in [6.07, 6.45) is 0. The Morgan fingerprint density at radius 2 is 2.00 bits per heavy atom. The van der Waals surface area contributed by atoms with Gasteiger partial charge in [0.25, 0.3) is 5.91 Å². The number of ether oxygens (including phenoxy) is 1. The molecule has 0 spiro atoms. The monoisotopic (exact) mass is 293 g/mol. The van der Waals surface area contributed by atoms with E-state index in [0.717, 1.165) is 5.56 Å². The van der Waals surface area contributed by atoms with Gasteiger partial charge in [-0.3, -0.25) is 4.79 Å². The van der Waals surface area contributed by atoms with Crippen molar-refractivity contribution in [1.82, 2.24) is 0 Å². The van der Waals surface area contributed by atoms with Crippen molar-refractivity contribution in [2.24, 2.45) is 0 Å². The molecule has 0 saturated heterocycles. The molecule has 0 aliphatic heterocycles. The first-order valence-electron chi connectivity index (χ1n) is 5.92. The van der Waals surface area contributed by atoms with Crippen LogP contribution in [0, 0.1) is 12.7 Å². The number of benzene rings is 2. The zero-order chi connectivity index (χ0) is 14.7. The highest BCUT2D eigenvalue weighted by Crippen LogP contribution is 2.22. The number of methoxy groups -OCH3 is 1. The fraction of sp³-hybridized carbons (Fsp3) is 0.133. The van der Waals surface area contributed by atoms with Crippen LogP contribution in [-0.4, -0.2) is 13.0 Å². The van der Waals surface area contributed by atoms with Crippen molar-refractivity contribution in [1.29, 1.82) is 0 Å². The van der Waals surface area contributed by atoms with E-state index in [1.807, 2.05) is 6.92 Å². The number of carbonyl (C=O) groups excluding carboxylic acids is 1. The average Bonchev–Trinajstić information content (AvgIpc) is 2.42. The molecule has 3 nitrogen and oxygen atoms in total. The standard InChI is InChI=1S/C15H13ClFNO2/c1-9-3-4-10(16)7-14(9)18-15(19)12-6-5-11(20-2)8-13(12)17/h3-8H,1-2H3,(H,18,19). The first-order chi connectivity index (χ1) is 9.51. The number of aryl methyl sites for hydroxylation is 1. The highest BCUT2D eigenvalue weighted by molar-refractivity contribution is 6.31. The largest absolute Gasteiger partial charge is 0.497 e. The third-order valence-electron chi connectivity index (χ3n) is 2.87. The smallest absolute Gasteiger partial charge is 0.258 e. The molecule has 1 amide bonds. The molecule has 0 bridgehead atoms. The summed E-state index contributed by atoms with van der Waals surface area (Å²) in [7, 11) is 1.43. The van der Waals surface area contributed by atoms with E-state index in [0.29, 0.717) is 16.5 Å². The van der Waals surface area contributed by atoms with Gasteiger partial charge >= 0.3 is 0 Å². The van der Waals surface area contributed by atoms with Crippen molar-refractivity contribution >= 4 is 23.2 Å². The number of hydrogen-bond donors (Lipinski definition) is 1. The Bertz CT molecular complexity index is 658. The van der Waals surface area contributed by atoms with Crippen molar-refractivity contribution in [3.63, 3.8) is 0 Å². The van der Waals surface area contributed by atoms with E-state index >= 15 is 0 Å². The zero-order valence-corrected chi connectivity index (χ0v) is 11.8. The molecule has 0 fully saturated rings. The maximum absolute atomic E-state index is 13.8. The van der Waals surface area contributed by atoms with Gasteiger partial charge in [0.15, 0.2) is 0 Å². The predicted octanol–water partition coefficient (Wildman–Crippen LogP) is 4.05. The molecule has 2 aromatic rings. The summed E-state index contributed by atoms with van der Waals surface area (Å²) < 4.78 is 18.7. The summed E-state index contributed by atoms with van der Waals surface area (Å²) in [5.74, 6) is -0.810. The number of carbonyl (C=O) groups is 1. The van der Waals surface area contributed by atoms with Crippen LogP contribution in [0.1, 0.15) is 15.9 Å². The maximum Gasteiger partial charge on any atom is 0.258 e. The molecule has 5 heteroatoms. The van der Waals surface area contributed by atoms with E-state index in [1.54, 1.807) is 18.2 Å². The number of halogens is 2. The molecule has 0 atom stereocenters. The fourth-order valence-corrected chi connectivity index (χ4v) is 1.90. The predicted molar refractivity (Wildman–Crippen MR) is 77.1 cm³/mol. The van der Waals surface area contributed by atoms with Crippen LogP contribution >= 0.6 is 11.6 Å². The van der Waals surface area contributed by atoms with Crippen molar-refractivity contribution < 1.29 is 13.9 Å². The van der Waals surface area contributed by atoms with Crippen molar-refractivity contribution in [3.8, 4) is 5.75 Å². The minimum Gasteiger partial charge on any atom is -0.497 e. The Labute approximate surface area is 121 Å². The molecular weight excluding hydrogens is 281 g/mol. The number of amides is 1. The van der Waals surface area contributed by atoms with Crippen LogP contribution in [0.3, 0.4) is 0 Å². The number of rotatable bonds is 3. The van der Waals surface area contributed by atoms with Crippen LogP contribution in [-0.2, 0) is 0 Å². The van der Waals surface area contributed by atoms with Gasteiger partial charge in [0.2, 0.25) is 0 Å². The zero-order valence-electron chi connectivity index (χ0n) is 11.0. The van der Waals surface area contributed by atoms with Gasteiger partial charge in [0, 0.05) is 16.8 Å². The molecule has 0 heterocycles. The minimum atomic E-state index is -0.637.